The quantitative estimate of drug-likeness (QED) is 0.239. The van der Waals surface area contributed by atoms with Gasteiger partial charge in [-0.3, -0.25) is 4.99 Å². The fourth-order valence-electron chi connectivity index (χ4n) is 2.33. The number of aliphatic imine (C=N–C) groups is 1. The number of guanidine groups is 1. The maximum absolute atomic E-state index is 5.92. The molecule has 1 aromatic rings. The minimum Gasteiger partial charge on any atom is -0.491 e. The number of hydrogen-bond donors (Lipinski definition) is 2. The lowest BCUT2D eigenvalue weighted by Crippen LogP contribution is -2.37. The molecule has 0 heterocycles. The highest BCUT2D eigenvalue weighted by Gasteiger charge is 2.07. The van der Waals surface area contributed by atoms with Crippen molar-refractivity contribution in [1.82, 2.24) is 10.6 Å². The van der Waals surface area contributed by atoms with E-state index in [-0.39, 0.29) is 30.1 Å². The van der Waals surface area contributed by atoms with Crippen molar-refractivity contribution in [1.29, 1.82) is 0 Å². The van der Waals surface area contributed by atoms with Gasteiger partial charge in [0.05, 0.1) is 6.10 Å². The summed E-state index contributed by atoms with van der Waals surface area (Å²) in [6, 6.07) is 6.30. The Bertz CT molecular complexity index is 507. The molecule has 144 valence electrons. The Kier molecular flexibility index (Phi) is 13.6. The third-order valence-electron chi connectivity index (χ3n) is 3.57. The van der Waals surface area contributed by atoms with Crippen LogP contribution in [0, 0.1) is 6.92 Å². The molecular weight excluding hydrogens is 429 g/mol. The number of unbranched alkanes of at least 4 members (excludes halogenated alkanes) is 2. The van der Waals surface area contributed by atoms with Gasteiger partial charge in [0.1, 0.15) is 5.75 Å². The standard InChI is InChI=1S/C19H33N3O2.HI/c1-15(2)24-18-13-16(3)9-10-17(18)14-22-19(20-4)21-11-7-6-8-12-23-5;/h9-10,13,15H,6-8,11-12,14H2,1-5H3,(H2,20,21,22);1H. The Hall–Kier alpha value is -1.02. The number of ether oxygens (including phenoxy) is 2. The van der Waals surface area contributed by atoms with Gasteiger partial charge in [-0.2, -0.15) is 0 Å². The maximum atomic E-state index is 5.92. The van der Waals surface area contributed by atoms with Crippen LogP contribution < -0.4 is 15.4 Å². The van der Waals surface area contributed by atoms with Crippen LogP contribution in [-0.4, -0.2) is 39.4 Å². The molecule has 25 heavy (non-hydrogen) atoms. The topological polar surface area (TPSA) is 54.9 Å². The van der Waals surface area contributed by atoms with Crippen LogP contribution in [0.3, 0.4) is 0 Å². The molecule has 0 aliphatic heterocycles. The molecule has 0 saturated heterocycles. The second-order valence-electron chi connectivity index (χ2n) is 6.18. The fraction of sp³-hybridized carbons (Fsp3) is 0.632. The van der Waals surface area contributed by atoms with Crippen LogP contribution in [0.15, 0.2) is 23.2 Å². The van der Waals surface area contributed by atoms with Crippen LogP contribution in [-0.2, 0) is 11.3 Å². The Labute approximate surface area is 170 Å². The average molecular weight is 463 g/mol. The molecule has 1 rings (SSSR count). The van der Waals surface area contributed by atoms with Gasteiger partial charge in [0.15, 0.2) is 5.96 Å². The van der Waals surface area contributed by atoms with E-state index in [4.69, 9.17) is 9.47 Å². The van der Waals surface area contributed by atoms with E-state index in [0.29, 0.717) is 6.54 Å². The lowest BCUT2D eigenvalue weighted by molar-refractivity contribution is 0.192. The first-order valence-electron chi connectivity index (χ1n) is 8.76. The first-order chi connectivity index (χ1) is 11.6. The number of nitrogens with one attached hydrogen (secondary N) is 2. The smallest absolute Gasteiger partial charge is 0.191 e. The molecule has 0 saturated carbocycles. The van der Waals surface area contributed by atoms with Gasteiger partial charge in [-0.05, 0) is 51.7 Å². The number of aryl methyl sites for hydroxylation is 1. The molecule has 0 fully saturated rings. The van der Waals surface area contributed by atoms with Crippen LogP contribution in [0.1, 0.15) is 44.2 Å². The second kappa shape index (κ2) is 14.2. The molecule has 0 unspecified atom stereocenters. The number of rotatable bonds is 10. The summed E-state index contributed by atoms with van der Waals surface area (Å²) >= 11 is 0. The molecule has 0 amide bonds. The highest BCUT2D eigenvalue weighted by Crippen LogP contribution is 2.21. The summed E-state index contributed by atoms with van der Waals surface area (Å²) in [6.07, 6.45) is 3.53. The van der Waals surface area contributed by atoms with Crippen LogP contribution in [0.4, 0.5) is 0 Å². The van der Waals surface area contributed by atoms with Crippen molar-refractivity contribution in [2.24, 2.45) is 4.99 Å². The van der Waals surface area contributed by atoms with Gasteiger partial charge in [-0.1, -0.05) is 12.1 Å². The van der Waals surface area contributed by atoms with Crippen molar-refractivity contribution >= 4 is 29.9 Å². The third-order valence-corrected chi connectivity index (χ3v) is 3.57. The molecular formula is C19H34IN3O2. The summed E-state index contributed by atoms with van der Waals surface area (Å²) in [5.41, 5.74) is 2.34. The number of hydrogen-bond acceptors (Lipinski definition) is 3. The van der Waals surface area contributed by atoms with Gasteiger partial charge in [0.2, 0.25) is 0 Å². The van der Waals surface area contributed by atoms with E-state index < -0.39 is 0 Å². The van der Waals surface area contributed by atoms with E-state index in [1.54, 1.807) is 14.2 Å². The second-order valence-corrected chi connectivity index (χ2v) is 6.18. The molecule has 1 aromatic carbocycles. The molecule has 0 spiro atoms. The zero-order chi connectivity index (χ0) is 17.8. The molecule has 2 N–H and O–H groups in total. The predicted octanol–water partition coefficient (Wildman–Crippen LogP) is 3.88. The molecule has 0 radical (unpaired) electrons. The van der Waals surface area contributed by atoms with Crippen LogP contribution in [0.2, 0.25) is 0 Å². The minimum atomic E-state index is 0. The van der Waals surface area contributed by atoms with Crippen molar-refractivity contribution in [2.45, 2.75) is 52.7 Å². The van der Waals surface area contributed by atoms with E-state index in [9.17, 15) is 0 Å². The van der Waals surface area contributed by atoms with Crippen LogP contribution in [0.5, 0.6) is 5.75 Å². The Morgan fingerprint density at radius 2 is 1.92 bits per heavy atom. The van der Waals surface area contributed by atoms with Crippen LogP contribution >= 0.6 is 24.0 Å². The van der Waals surface area contributed by atoms with Crippen molar-refractivity contribution in [3.05, 3.63) is 29.3 Å². The number of nitrogens with zero attached hydrogens (tertiary/aromatic N) is 1. The molecule has 0 atom stereocenters. The normalized spacial score (nSPS) is 11.2. The van der Waals surface area contributed by atoms with E-state index >= 15 is 0 Å². The molecule has 5 nitrogen and oxygen atoms in total. The van der Waals surface area contributed by atoms with Gasteiger partial charge in [0.25, 0.3) is 0 Å². The van der Waals surface area contributed by atoms with Gasteiger partial charge in [-0.25, -0.2) is 0 Å². The first-order valence-corrected chi connectivity index (χ1v) is 8.76. The van der Waals surface area contributed by atoms with Gasteiger partial charge < -0.3 is 20.1 Å². The van der Waals surface area contributed by atoms with Gasteiger partial charge >= 0.3 is 0 Å². The zero-order valence-corrected chi connectivity index (χ0v) is 18.6. The molecule has 0 aromatic heterocycles. The Balaban J connectivity index is 0.00000576. The number of benzene rings is 1. The van der Waals surface area contributed by atoms with Crippen molar-refractivity contribution in [3.8, 4) is 5.75 Å². The summed E-state index contributed by atoms with van der Waals surface area (Å²) in [7, 11) is 3.53. The summed E-state index contributed by atoms with van der Waals surface area (Å²) < 4.78 is 11.0. The molecule has 6 heteroatoms. The minimum absolute atomic E-state index is 0. The highest BCUT2D eigenvalue weighted by molar-refractivity contribution is 14.0. The highest BCUT2D eigenvalue weighted by atomic mass is 127. The van der Waals surface area contributed by atoms with E-state index in [0.717, 1.165) is 49.7 Å². The van der Waals surface area contributed by atoms with Gasteiger partial charge in [0, 0.05) is 39.4 Å². The van der Waals surface area contributed by atoms with Gasteiger partial charge in [-0.15, -0.1) is 24.0 Å². The fourth-order valence-corrected chi connectivity index (χ4v) is 2.33. The van der Waals surface area contributed by atoms with Crippen molar-refractivity contribution < 1.29 is 9.47 Å². The number of methoxy groups -OCH3 is 1. The molecule has 0 bridgehead atoms. The Morgan fingerprint density at radius 3 is 2.56 bits per heavy atom. The summed E-state index contributed by atoms with van der Waals surface area (Å²) in [6.45, 7) is 8.60. The Morgan fingerprint density at radius 1 is 1.16 bits per heavy atom. The number of halogens is 1. The van der Waals surface area contributed by atoms with Crippen molar-refractivity contribution in [3.63, 3.8) is 0 Å². The first kappa shape index (κ1) is 24.0. The average Bonchev–Trinajstić information content (AvgIpc) is 2.54. The maximum Gasteiger partial charge on any atom is 0.191 e. The monoisotopic (exact) mass is 463 g/mol. The zero-order valence-electron chi connectivity index (χ0n) is 16.2. The van der Waals surface area contributed by atoms with E-state index in [1.165, 1.54) is 5.56 Å². The summed E-state index contributed by atoms with van der Waals surface area (Å²) in [5, 5.41) is 6.70. The summed E-state index contributed by atoms with van der Waals surface area (Å²) in [4.78, 5) is 4.27. The third kappa shape index (κ3) is 10.5. The predicted molar refractivity (Wildman–Crippen MR) is 116 cm³/mol. The largest absolute Gasteiger partial charge is 0.491 e. The SMILES string of the molecule is CN=C(NCCCCCOC)NCc1ccc(C)cc1OC(C)C.I. The van der Waals surface area contributed by atoms with E-state index in [2.05, 4.69) is 40.7 Å². The molecule has 0 aliphatic rings. The lowest BCUT2D eigenvalue weighted by atomic mass is 10.1. The summed E-state index contributed by atoms with van der Waals surface area (Å²) in [5.74, 6) is 1.75. The van der Waals surface area contributed by atoms with Crippen LogP contribution in [0.25, 0.3) is 0 Å². The molecule has 0 aliphatic carbocycles. The van der Waals surface area contributed by atoms with Crippen molar-refractivity contribution in [2.75, 3.05) is 27.3 Å². The lowest BCUT2D eigenvalue weighted by Gasteiger charge is -2.17. The van der Waals surface area contributed by atoms with E-state index in [1.807, 2.05) is 13.8 Å².